The van der Waals surface area contributed by atoms with Crippen molar-refractivity contribution in [1.82, 2.24) is 19.7 Å². The number of piperidine rings is 1. The number of carbonyl (C=O) groups is 2. The highest BCUT2D eigenvalue weighted by molar-refractivity contribution is 5.93. The van der Waals surface area contributed by atoms with Gasteiger partial charge < -0.3 is 19.7 Å². The lowest BCUT2D eigenvalue weighted by molar-refractivity contribution is -0.148. The summed E-state index contributed by atoms with van der Waals surface area (Å²) < 4.78 is 50.5. The SMILES string of the molecule is CCOC(=O)C1CCN(c2ncnc(Oc3cc(C(F)(F)F)nn3C)c2NC(C)=O)CC1. The van der Waals surface area contributed by atoms with E-state index in [1.807, 2.05) is 4.90 Å². The Bertz CT molecular complexity index is 986. The summed E-state index contributed by atoms with van der Waals surface area (Å²) in [5, 5.41) is 6.00. The van der Waals surface area contributed by atoms with Gasteiger partial charge in [0.15, 0.2) is 11.5 Å². The second-order valence-electron chi connectivity index (χ2n) is 7.16. The smallest absolute Gasteiger partial charge is 0.435 e. The minimum Gasteiger partial charge on any atom is -0.466 e. The van der Waals surface area contributed by atoms with Gasteiger partial charge in [-0.05, 0) is 19.8 Å². The predicted molar refractivity (Wildman–Crippen MR) is 106 cm³/mol. The van der Waals surface area contributed by atoms with E-state index in [2.05, 4.69) is 20.4 Å². The second kappa shape index (κ2) is 9.40. The summed E-state index contributed by atoms with van der Waals surface area (Å²) in [5.41, 5.74) is -1.00. The third-order valence-corrected chi connectivity index (χ3v) is 4.84. The van der Waals surface area contributed by atoms with E-state index in [0.717, 1.165) is 10.7 Å². The van der Waals surface area contributed by atoms with E-state index >= 15 is 0 Å². The molecule has 1 fully saturated rings. The van der Waals surface area contributed by atoms with Gasteiger partial charge in [-0.1, -0.05) is 0 Å². The molecule has 3 rings (SSSR count). The lowest BCUT2D eigenvalue weighted by Gasteiger charge is -2.32. The number of alkyl halides is 3. The number of esters is 1. The molecule has 0 atom stereocenters. The second-order valence-corrected chi connectivity index (χ2v) is 7.16. The summed E-state index contributed by atoms with van der Waals surface area (Å²) >= 11 is 0. The number of halogens is 3. The number of nitrogens with zero attached hydrogens (tertiary/aromatic N) is 5. The van der Waals surface area contributed by atoms with Gasteiger partial charge in [0.25, 0.3) is 0 Å². The number of amides is 1. The minimum absolute atomic E-state index is 0.115. The Morgan fingerprint density at radius 3 is 2.50 bits per heavy atom. The standard InChI is InChI=1S/C19H23F3N6O4/c1-4-31-18(30)12-5-7-28(8-6-12)16-15(25-11(2)29)17(24-10-23-16)32-14-9-13(19(20,21)22)26-27(14)3/h9-10,12H,4-8H2,1-3H3,(H,25,29). The summed E-state index contributed by atoms with van der Waals surface area (Å²) in [5.74, 6) is -0.927. The molecule has 0 radical (unpaired) electrons. The molecule has 0 spiro atoms. The van der Waals surface area contributed by atoms with Crippen LogP contribution >= 0.6 is 0 Å². The molecular weight excluding hydrogens is 433 g/mol. The van der Waals surface area contributed by atoms with Crippen LogP contribution in [0.25, 0.3) is 0 Å². The highest BCUT2D eigenvalue weighted by atomic mass is 19.4. The number of carbonyl (C=O) groups excluding carboxylic acids is 2. The van der Waals surface area contributed by atoms with Gasteiger partial charge >= 0.3 is 12.1 Å². The molecule has 0 unspecified atom stereocenters. The fraction of sp³-hybridized carbons (Fsp3) is 0.526. The first-order chi connectivity index (χ1) is 15.1. The fourth-order valence-corrected chi connectivity index (χ4v) is 3.33. The van der Waals surface area contributed by atoms with Crippen LogP contribution in [0.5, 0.6) is 11.8 Å². The molecule has 0 bridgehead atoms. The Morgan fingerprint density at radius 1 is 1.25 bits per heavy atom. The van der Waals surface area contributed by atoms with Crippen molar-refractivity contribution in [2.24, 2.45) is 13.0 Å². The van der Waals surface area contributed by atoms with Crippen LogP contribution in [0.2, 0.25) is 0 Å². The number of rotatable bonds is 6. The first-order valence-electron chi connectivity index (χ1n) is 9.93. The molecule has 13 heteroatoms. The Kier molecular flexibility index (Phi) is 6.84. The van der Waals surface area contributed by atoms with Gasteiger partial charge in [0, 0.05) is 33.1 Å². The zero-order chi connectivity index (χ0) is 23.5. The van der Waals surface area contributed by atoms with Gasteiger partial charge in [0.05, 0.1) is 12.5 Å². The maximum absolute atomic E-state index is 13.0. The van der Waals surface area contributed by atoms with Crippen molar-refractivity contribution in [2.75, 3.05) is 29.9 Å². The minimum atomic E-state index is -4.64. The normalized spacial score (nSPS) is 14.9. The monoisotopic (exact) mass is 456 g/mol. The van der Waals surface area contributed by atoms with Crippen molar-refractivity contribution < 1.29 is 32.2 Å². The van der Waals surface area contributed by atoms with Gasteiger partial charge in [-0.25, -0.2) is 9.67 Å². The topological polar surface area (TPSA) is 111 Å². The highest BCUT2D eigenvalue weighted by Crippen LogP contribution is 2.37. The average Bonchev–Trinajstić information content (AvgIpc) is 3.10. The number of nitrogens with one attached hydrogen (secondary N) is 1. The number of ether oxygens (including phenoxy) is 2. The zero-order valence-corrected chi connectivity index (χ0v) is 17.8. The molecule has 0 aliphatic carbocycles. The number of hydrogen-bond donors (Lipinski definition) is 1. The van der Waals surface area contributed by atoms with Crippen LogP contribution in [-0.4, -0.2) is 51.3 Å². The fourth-order valence-electron chi connectivity index (χ4n) is 3.33. The third-order valence-electron chi connectivity index (χ3n) is 4.84. The van der Waals surface area contributed by atoms with Crippen molar-refractivity contribution in [3.8, 4) is 11.8 Å². The maximum Gasteiger partial charge on any atom is 0.435 e. The van der Waals surface area contributed by atoms with E-state index in [1.165, 1.54) is 20.3 Å². The molecule has 2 aromatic rings. The van der Waals surface area contributed by atoms with Gasteiger partial charge in [-0.15, -0.1) is 0 Å². The molecule has 1 saturated heterocycles. The van der Waals surface area contributed by atoms with Gasteiger partial charge in [-0.2, -0.15) is 23.3 Å². The predicted octanol–water partition coefficient (Wildman–Crippen LogP) is 2.76. The van der Waals surface area contributed by atoms with Crippen LogP contribution in [0.4, 0.5) is 24.7 Å². The molecule has 10 nitrogen and oxygen atoms in total. The van der Waals surface area contributed by atoms with Gasteiger partial charge in [0.2, 0.25) is 17.7 Å². The lowest BCUT2D eigenvalue weighted by Crippen LogP contribution is -2.38. The summed E-state index contributed by atoms with van der Waals surface area (Å²) in [6.07, 6.45) is -2.40. The first kappa shape index (κ1) is 23.3. The highest BCUT2D eigenvalue weighted by Gasteiger charge is 2.35. The van der Waals surface area contributed by atoms with Crippen molar-refractivity contribution >= 4 is 23.4 Å². The Morgan fingerprint density at radius 2 is 1.94 bits per heavy atom. The molecule has 1 amide bonds. The quantitative estimate of drug-likeness (QED) is 0.661. The Balaban J connectivity index is 1.87. The summed E-state index contributed by atoms with van der Waals surface area (Å²) in [6, 6.07) is 0.740. The van der Waals surface area contributed by atoms with Crippen LogP contribution in [0.1, 0.15) is 32.4 Å². The molecular formula is C19H23F3N6O4. The summed E-state index contributed by atoms with van der Waals surface area (Å²) in [6.45, 7) is 4.24. The molecule has 2 aromatic heterocycles. The molecule has 0 saturated carbocycles. The molecule has 0 aromatic carbocycles. The molecule has 32 heavy (non-hydrogen) atoms. The first-order valence-corrected chi connectivity index (χ1v) is 9.93. The van der Waals surface area contributed by atoms with Gasteiger partial charge in [0.1, 0.15) is 12.0 Å². The van der Waals surface area contributed by atoms with Crippen LogP contribution in [-0.2, 0) is 27.5 Å². The van der Waals surface area contributed by atoms with E-state index in [-0.39, 0.29) is 29.3 Å². The number of anilines is 2. The van der Waals surface area contributed by atoms with E-state index < -0.39 is 17.8 Å². The van der Waals surface area contributed by atoms with E-state index in [1.54, 1.807) is 6.92 Å². The average molecular weight is 456 g/mol. The van der Waals surface area contributed by atoms with Crippen LogP contribution in [0.15, 0.2) is 12.4 Å². The number of hydrogen-bond acceptors (Lipinski definition) is 8. The number of aromatic nitrogens is 4. The number of aryl methyl sites for hydroxylation is 1. The zero-order valence-electron chi connectivity index (χ0n) is 17.8. The van der Waals surface area contributed by atoms with Crippen LogP contribution < -0.4 is 15.0 Å². The van der Waals surface area contributed by atoms with Crippen LogP contribution in [0.3, 0.4) is 0 Å². The summed E-state index contributed by atoms with van der Waals surface area (Å²) in [4.78, 5) is 33.9. The largest absolute Gasteiger partial charge is 0.466 e. The van der Waals surface area contributed by atoms with Crippen molar-refractivity contribution in [1.29, 1.82) is 0 Å². The molecule has 1 aliphatic rings. The molecule has 1 aliphatic heterocycles. The van der Waals surface area contributed by atoms with Crippen molar-refractivity contribution in [3.63, 3.8) is 0 Å². The van der Waals surface area contributed by atoms with Gasteiger partial charge in [-0.3, -0.25) is 9.59 Å². The van der Waals surface area contributed by atoms with Crippen molar-refractivity contribution in [3.05, 3.63) is 18.1 Å². The lowest BCUT2D eigenvalue weighted by atomic mass is 9.97. The third kappa shape index (κ3) is 5.26. The van der Waals surface area contributed by atoms with E-state index in [0.29, 0.717) is 38.4 Å². The Hall–Kier alpha value is -3.38. The maximum atomic E-state index is 13.0. The van der Waals surface area contributed by atoms with Crippen LogP contribution in [0, 0.1) is 5.92 Å². The van der Waals surface area contributed by atoms with E-state index in [4.69, 9.17) is 9.47 Å². The molecule has 1 N–H and O–H groups in total. The Labute approximate surface area is 181 Å². The molecule has 174 valence electrons. The molecule has 3 heterocycles. The summed E-state index contributed by atoms with van der Waals surface area (Å²) in [7, 11) is 1.30. The van der Waals surface area contributed by atoms with E-state index in [9.17, 15) is 22.8 Å². The van der Waals surface area contributed by atoms with Crippen molar-refractivity contribution in [2.45, 2.75) is 32.9 Å².